The lowest BCUT2D eigenvalue weighted by molar-refractivity contribution is -0.121. The van der Waals surface area contributed by atoms with Gasteiger partial charge in [0.2, 0.25) is 5.91 Å². The summed E-state index contributed by atoms with van der Waals surface area (Å²) in [5, 5.41) is 10.7. The SMILES string of the molecule is CC1=C(c2ccccc2)[C@H]1C(=O)NCc1n[nH]c2c1CCCCC2. The average Bonchev–Trinajstić information content (AvgIpc) is 3.23. The monoisotopic (exact) mass is 321 g/mol. The van der Waals surface area contributed by atoms with E-state index in [1.54, 1.807) is 0 Å². The van der Waals surface area contributed by atoms with E-state index in [1.165, 1.54) is 41.7 Å². The molecule has 1 atom stereocenters. The van der Waals surface area contributed by atoms with Gasteiger partial charge in [-0.05, 0) is 49.3 Å². The van der Waals surface area contributed by atoms with Crippen LogP contribution in [0, 0.1) is 5.92 Å². The molecule has 0 fully saturated rings. The van der Waals surface area contributed by atoms with E-state index in [1.807, 2.05) is 25.1 Å². The van der Waals surface area contributed by atoms with Crippen LogP contribution in [0.25, 0.3) is 5.57 Å². The zero-order chi connectivity index (χ0) is 16.5. The van der Waals surface area contributed by atoms with Crippen LogP contribution in [0.3, 0.4) is 0 Å². The molecule has 2 N–H and O–H groups in total. The molecule has 1 aromatic heterocycles. The van der Waals surface area contributed by atoms with E-state index in [9.17, 15) is 4.79 Å². The highest BCUT2D eigenvalue weighted by atomic mass is 16.2. The van der Waals surface area contributed by atoms with Gasteiger partial charge in [0.25, 0.3) is 0 Å². The first-order chi connectivity index (χ1) is 11.8. The van der Waals surface area contributed by atoms with Crippen LogP contribution in [0.15, 0.2) is 35.9 Å². The molecule has 0 spiro atoms. The highest BCUT2D eigenvalue weighted by Gasteiger charge is 2.39. The summed E-state index contributed by atoms with van der Waals surface area (Å²) < 4.78 is 0. The van der Waals surface area contributed by atoms with Crippen molar-refractivity contribution in [1.82, 2.24) is 15.5 Å². The topological polar surface area (TPSA) is 57.8 Å². The first-order valence-corrected chi connectivity index (χ1v) is 8.84. The molecule has 1 heterocycles. The van der Waals surface area contributed by atoms with Gasteiger partial charge < -0.3 is 5.32 Å². The second-order valence-corrected chi connectivity index (χ2v) is 6.80. The second-order valence-electron chi connectivity index (χ2n) is 6.80. The average molecular weight is 321 g/mol. The molecular weight excluding hydrogens is 298 g/mol. The molecule has 2 aliphatic carbocycles. The molecule has 0 saturated carbocycles. The van der Waals surface area contributed by atoms with E-state index in [4.69, 9.17) is 0 Å². The predicted octanol–water partition coefficient (Wildman–Crippen LogP) is 3.40. The standard InChI is InChI=1S/C20H23N3O/c1-13-18(14-8-4-2-5-9-14)19(13)20(24)21-12-17-15-10-6-3-7-11-16(15)22-23-17/h2,4-5,8-9,19H,3,6-7,10-12H2,1H3,(H,21,24)(H,22,23)/t19-/m0/s1. The molecule has 2 aromatic rings. The zero-order valence-corrected chi connectivity index (χ0v) is 14.1. The Labute approximate surface area is 142 Å². The van der Waals surface area contributed by atoms with E-state index < -0.39 is 0 Å². The highest BCUT2D eigenvalue weighted by molar-refractivity contribution is 6.05. The fraction of sp³-hybridized carbons (Fsp3) is 0.400. The molecule has 0 saturated heterocycles. The quantitative estimate of drug-likeness (QED) is 0.848. The largest absolute Gasteiger partial charge is 0.350 e. The molecule has 24 heavy (non-hydrogen) atoms. The molecule has 4 heteroatoms. The maximum Gasteiger partial charge on any atom is 0.232 e. The maximum atomic E-state index is 12.5. The Morgan fingerprint density at radius 3 is 2.83 bits per heavy atom. The lowest BCUT2D eigenvalue weighted by Gasteiger charge is -2.06. The van der Waals surface area contributed by atoms with Crippen molar-refractivity contribution < 1.29 is 4.79 Å². The summed E-state index contributed by atoms with van der Waals surface area (Å²) in [4.78, 5) is 12.5. The number of hydrogen-bond donors (Lipinski definition) is 2. The van der Waals surface area contributed by atoms with Crippen molar-refractivity contribution in [3.05, 3.63) is 58.4 Å². The molecule has 4 nitrogen and oxygen atoms in total. The van der Waals surface area contributed by atoms with Crippen LogP contribution in [0.1, 0.15) is 48.7 Å². The number of rotatable bonds is 4. The maximum absolute atomic E-state index is 12.5. The molecule has 0 radical (unpaired) electrons. The van der Waals surface area contributed by atoms with Gasteiger partial charge in [-0.25, -0.2) is 0 Å². The number of H-pyrrole nitrogens is 1. The number of aryl methyl sites for hydroxylation is 1. The Morgan fingerprint density at radius 1 is 1.21 bits per heavy atom. The number of aromatic amines is 1. The summed E-state index contributed by atoms with van der Waals surface area (Å²) in [7, 11) is 0. The van der Waals surface area contributed by atoms with Gasteiger partial charge in [-0.15, -0.1) is 0 Å². The molecule has 0 unspecified atom stereocenters. The number of hydrogen-bond acceptors (Lipinski definition) is 2. The van der Waals surface area contributed by atoms with Gasteiger partial charge in [0.1, 0.15) is 0 Å². The predicted molar refractivity (Wildman–Crippen MR) is 94.2 cm³/mol. The number of fused-ring (bicyclic) bond motifs is 1. The van der Waals surface area contributed by atoms with Gasteiger partial charge in [0.15, 0.2) is 0 Å². The second kappa shape index (κ2) is 6.27. The Morgan fingerprint density at radius 2 is 2.00 bits per heavy atom. The molecule has 0 aliphatic heterocycles. The van der Waals surface area contributed by atoms with Crippen molar-refractivity contribution in [3.63, 3.8) is 0 Å². The molecule has 1 amide bonds. The summed E-state index contributed by atoms with van der Waals surface area (Å²) in [6.45, 7) is 2.57. The molecule has 124 valence electrons. The summed E-state index contributed by atoms with van der Waals surface area (Å²) in [5.41, 5.74) is 7.12. The molecule has 1 aromatic carbocycles. The van der Waals surface area contributed by atoms with Gasteiger partial charge in [-0.3, -0.25) is 9.89 Å². The third-order valence-corrected chi connectivity index (χ3v) is 5.23. The summed E-state index contributed by atoms with van der Waals surface area (Å²) >= 11 is 0. The fourth-order valence-electron chi connectivity index (χ4n) is 3.82. The van der Waals surface area contributed by atoms with Gasteiger partial charge in [-0.2, -0.15) is 5.10 Å². The van der Waals surface area contributed by atoms with Crippen LogP contribution < -0.4 is 5.32 Å². The lowest BCUT2D eigenvalue weighted by Crippen LogP contribution is -2.26. The number of carbonyl (C=O) groups is 1. The Balaban J connectivity index is 1.39. The minimum absolute atomic E-state index is 0.0649. The van der Waals surface area contributed by atoms with Crippen LogP contribution >= 0.6 is 0 Å². The van der Waals surface area contributed by atoms with Crippen molar-refractivity contribution in [2.75, 3.05) is 0 Å². The molecule has 2 aliphatic rings. The normalized spacial score (nSPS) is 19.6. The summed E-state index contributed by atoms with van der Waals surface area (Å²) in [6.07, 6.45) is 5.88. The number of benzene rings is 1. The van der Waals surface area contributed by atoms with Crippen LogP contribution in [-0.2, 0) is 24.2 Å². The molecule has 0 bridgehead atoms. The van der Waals surface area contributed by atoms with Crippen LogP contribution in [0.5, 0.6) is 0 Å². The van der Waals surface area contributed by atoms with Gasteiger partial charge in [0.05, 0.1) is 18.2 Å². The summed E-state index contributed by atoms with van der Waals surface area (Å²) in [6, 6.07) is 10.2. The third kappa shape index (κ3) is 2.77. The number of amides is 1. The minimum atomic E-state index is -0.0649. The van der Waals surface area contributed by atoms with E-state index in [0.717, 1.165) is 24.1 Å². The van der Waals surface area contributed by atoms with Crippen molar-refractivity contribution in [2.45, 2.75) is 45.6 Å². The molecular formula is C20H23N3O. The third-order valence-electron chi connectivity index (χ3n) is 5.23. The lowest BCUT2D eigenvalue weighted by atomic mass is 10.1. The van der Waals surface area contributed by atoms with E-state index in [-0.39, 0.29) is 11.8 Å². The van der Waals surface area contributed by atoms with E-state index >= 15 is 0 Å². The Bertz CT molecular complexity index is 788. The van der Waals surface area contributed by atoms with Gasteiger partial charge >= 0.3 is 0 Å². The Kier molecular flexibility index (Phi) is 3.97. The summed E-state index contributed by atoms with van der Waals surface area (Å²) in [5.74, 6) is 0.0293. The number of nitrogens with zero attached hydrogens (tertiary/aromatic N) is 1. The van der Waals surface area contributed by atoms with Crippen LogP contribution in [0.4, 0.5) is 0 Å². The minimum Gasteiger partial charge on any atom is -0.350 e. The van der Waals surface area contributed by atoms with E-state index in [2.05, 4.69) is 27.6 Å². The number of carbonyl (C=O) groups excluding carboxylic acids is 1. The fourth-order valence-corrected chi connectivity index (χ4v) is 3.82. The Hall–Kier alpha value is -2.36. The van der Waals surface area contributed by atoms with Crippen molar-refractivity contribution in [2.24, 2.45) is 5.92 Å². The molecule has 4 rings (SSSR count). The van der Waals surface area contributed by atoms with Crippen molar-refractivity contribution in [3.8, 4) is 0 Å². The van der Waals surface area contributed by atoms with Crippen LogP contribution in [0.2, 0.25) is 0 Å². The van der Waals surface area contributed by atoms with Crippen molar-refractivity contribution >= 4 is 11.5 Å². The first-order valence-electron chi connectivity index (χ1n) is 8.84. The van der Waals surface area contributed by atoms with Gasteiger partial charge in [-0.1, -0.05) is 42.3 Å². The number of nitrogens with one attached hydrogen (secondary N) is 2. The van der Waals surface area contributed by atoms with Crippen molar-refractivity contribution in [1.29, 1.82) is 0 Å². The van der Waals surface area contributed by atoms with Gasteiger partial charge in [0, 0.05) is 5.69 Å². The van der Waals surface area contributed by atoms with Crippen LogP contribution in [-0.4, -0.2) is 16.1 Å². The first kappa shape index (κ1) is 15.2. The van der Waals surface area contributed by atoms with E-state index in [0.29, 0.717) is 6.54 Å². The number of aromatic nitrogens is 2. The zero-order valence-electron chi connectivity index (χ0n) is 14.1. The smallest absolute Gasteiger partial charge is 0.232 e. The highest BCUT2D eigenvalue weighted by Crippen LogP contribution is 2.46.